The van der Waals surface area contributed by atoms with Gasteiger partial charge in [0, 0.05) is 46.3 Å². The summed E-state index contributed by atoms with van der Waals surface area (Å²) in [5.41, 5.74) is 10.8. The monoisotopic (exact) mass is 664 g/mol. The number of benzene rings is 3. The van der Waals surface area contributed by atoms with Crippen LogP contribution in [-0.4, -0.2) is 19.3 Å². The van der Waals surface area contributed by atoms with Crippen molar-refractivity contribution in [3.05, 3.63) is 119 Å². The van der Waals surface area contributed by atoms with Crippen molar-refractivity contribution in [3.63, 3.8) is 0 Å². The van der Waals surface area contributed by atoms with Crippen molar-refractivity contribution in [2.75, 3.05) is 0 Å². The number of hydrogen-bond acceptors (Lipinski definition) is 3. The maximum atomic E-state index is 6.80. The van der Waals surface area contributed by atoms with Crippen LogP contribution in [0.15, 0.2) is 90.6 Å². The van der Waals surface area contributed by atoms with Gasteiger partial charge in [-0.2, -0.15) is 5.10 Å². The number of unbranched alkanes of at least 4 members (excludes halogenated alkanes) is 1. The fraction of sp³-hybridized carbons (Fsp3) is 0.378. The number of rotatable bonds is 8. The molecule has 0 saturated carbocycles. The van der Waals surface area contributed by atoms with Gasteiger partial charge in [0.1, 0.15) is 17.3 Å². The first-order valence-corrected chi connectivity index (χ1v) is 18.5. The van der Waals surface area contributed by atoms with Crippen molar-refractivity contribution in [2.24, 2.45) is 11.8 Å². The Labute approximate surface area is 298 Å². The first-order chi connectivity index (χ1) is 23.9. The minimum atomic E-state index is -0.0781. The van der Waals surface area contributed by atoms with Crippen LogP contribution in [0.3, 0.4) is 0 Å². The lowest BCUT2D eigenvalue weighted by atomic mass is 9.72. The smallest absolute Gasteiger partial charge is 0.137 e. The van der Waals surface area contributed by atoms with E-state index in [1.165, 1.54) is 58.0 Å². The van der Waals surface area contributed by atoms with E-state index in [-0.39, 0.29) is 5.41 Å². The Kier molecular flexibility index (Phi) is 8.96. The van der Waals surface area contributed by atoms with Crippen LogP contribution in [0, 0.1) is 25.7 Å². The number of aromatic nitrogens is 4. The fourth-order valence-electron chi connectivity index (χ4n) is 8.37. The van der Waals surface area contributed by atoms with Crippen LogP contribution in [-0.2, 0) is 11.8 Å². The van der Waals surface area contributed by atoms with E-state index in [4.69, 9.17) is 14.8 Å². The summed E-state index contributed by atoms with van der Waals surface area (Å²) in [5.74, 6) is 4.12. The molecule has 5 heteroatoms. The summed E-state index contributed by atoms with van der Waals surface area (Å²) < 4.78 is 11.2. The molecule has 50 heavy (non-hydrogen) atoms. The summed E-state index contributed by atoms with van der Waals surface area (Å²) in [6.07, 6.45) is 8.99. The molecule has 0 amide bonds. The second-order valence-electron chi connectivity index (χ2n) is 15.8. The van der Waals surface area contributed by atoms with Crippen LogP contribution in [0.2, 0.25) is 0 Å². The first-order valence-electron chi connectivity index (χ1n) is 18.5. The molecule has 3 atom stereocenters. The molecule has 0 spiro atoms. The van der Waals surface area contributed by atoms with Gasteiger partial charge in [0.15, 0.2) is 0 Å². The first kappa shape index (κ1) is 33.8. The lowest BCUT2D eigenvalue weighted by Gasteiger charge is -2.32. The number of nitrogens with zero attached hydrogens (tertiary/aromatic N) is 4. The SMILES string of the molecule is CCCCc1ccnc(-n2c3ccccc3c3ccc(Oc4cc(-n5nc(C)c(C6C(C)=C[C@H](C)C[C@@H]6C)c5C)cc(C(C)(C)C)c4)cc32)c1. The van der Waals surface area contributed by atoms with E-state index >= 15 is 0 Å². The summed E-state index contributed by atoms with van der Waals surface area (Å²) in [6.45, 7) is 20.4. The van der Waals surface area contributed by atoms with E-state index in [2.05, 4.69) is 150 Å². The van der Waals surface area contributed by atoms with Crippen LogP contribution < -0.4 is 4.74 Å². The number of allylic oxidation sites excluding steroid dienone is 2. The van der Waals surface area contributed by atoms with Gasteiger partial charge in [0.25, 0.3) is 0 Å². The highest BCUT2D eigenvalue weighted by Crippen LogP contribution is 2.43. The average Bonchev–Trinajstić information content (AvgIpc) is 3.56. The van der Waals surface area contributed by atoms with E-state index in [9.17, 15) is 0 Å². The van der Waals surface area contributed by atoms with E-state index < -0.39 is 0 Å². The number of pyridine rings is 1. The van der Waals surface area contributed by atoms with Crippen molar-refractivity contribution in [1.82, 2.24) is 19.3 Å². The molecule has 0 radical (unpaired) electrons. The molecule has 0 aliphatic heterocycles. The highest BCUT2D eigenvalue weighted by Gasteiger charge is 2.31. The lowest BCUT2D eigenvalue weighted by Crippen LogP contribution is -2.20. The zero-order chi connectivity index (χ0) is 35.3. The Bertz CT molecular complexity index is 2230. The van der Waals surface area contributed by atoms with Crippen molar-refractivity contribution < 1.29 is 4.74 Å². The van der Waals surface area contributed by atoms with Crippen LogP contribution in [0.25, 0.3) is 33.3 Å². The fourth-order valence-corrected chi connectivity index (χ4v) is 8.37. The predicted octanol–water partition coefficient (Wildman–Crippen LogP) is 12.1. The minimum Gasteiger partial charge on any atom is -0.457 e. The number of para-hydroxylation sites is 1. The average molecular weight is 665 g/mol. The standard InChI is InChI=1S/C45H52N4O/c1-10-11-14-33-19-20-46-42(23-33)48-40-16-13-12-15-38(40)39-18-17-36(27-41(39)48)50-37-25-34(45(7,8)9)24-35(26-37)49-32(6)44(31(5)47-49)43-29(3)21-28(2)22-30(43)4/h12-13,15-21,23-28,30,43H,10-11,14,22H2,1-9H3/t28-,30-,43?/m0/s1. The Hall–Kier alpha value is -4.64. The van der Waals surface area contributed by atoms with Gasteiger partial charge in [0.05, 0.1) is 22.4 Å². The molecule has 5 nitrogen and oxygen atoms in total. The Balaban J connectivity index is 1.32. The Morgan fingerprint density at radius 2 is 1.64 bits per heavy atom. The van der Waals surface area contributed by atoms with Gasteiger partial charge in [-0.05, 0) is 111 Å². The number of aryl methyl sites for hydroxylation is 2. The molecule has 3 aromatic heterocycles. The quantitative estimate of drug-likeness (QED) is 0.152. The van der Waals surface area contributed by atoms with Gasteiger partial charge in [0.2, 0.25) is 0 Å². The van der Waals surface area contributed by atoms with Crippen molar-refractivity contribution in [1.29, 1.82) is 0 Å². The van der Waals surface area contributed by atoms with Crippen molar-refractivity contribution in [3.8, 4) is 23.0 Å². The van der Waals surface area contributed by atoms with Gasteiger partial charge < -0.3 is 4.74 Å². The summed E-state index contributed by atoms with van der Waals surface area (Å²) in [7, 11) is 0. The normalized spacial score (nSPS) is 18.2. The number of ether oxygens (including phenoxy) is 1. The molecule has 1 aliphatic rings. The molecule has 1 aliphatic carbocycles. The zero-order valence-electron chi connectivity index (χ0n) is 31.3. The van der Waals surface area contributed by atoms with Gasteiger partial charge in [-0.3, -0.25) is 4.57 Å². The molecule has 0 saturated heterocycles. The Morgan fingerprint density at radius 3 is 2.40 bits per heavy atom. The molecule has 0 fully saturated rings. The van der Waals surface area contributed by atoms with Gasteiger partial charge >= 0.3 is 0 Å². The van der Waals surface area contributed by atoms with E-state index in [1.807, 2.05) is 6.20 Å². The summed E-state index contributed by atoms with van der Waals surface area (Å²) >= 11 is 0. The third-order valence-corrected chi connectivity index (χ3v) is 10.7. The zero-order valence-corrected chi connectivity index (χ0v) is 31.3. The molecule has 3 heterocycles. The van der Waals surface area contributed by atoms with Crippen LogP contribution in [0.1, 0.15) is 102 Å². The topological polar surface area (TPSA) is 44.9 Å². The van der Waals surface area contributed by atoms with Gasteiger partial charge in [-0.1, -0.05) is 77.8 Å². The molecule has 258 valence electrons. The summed E-state index contributed by atoms with van der Waals surface area (Å²) in [4.78, 5) is 4.86. The largest absolute Gasteiger partial charge is 0.457 e. The van der Waals surface area contributed by atoms with Crippen LogP contribution in [0.5, 0.6) is 11.5 Å². The van der Waals surface area contributed by atoms with E-state index in [0.29, 0.717) is 17.8 Å². The molecular formula is C45H52N4O. The maximum Gasteiger partial charge on any atom is 0.137 e. The van der Waals surface area contributed by atoms with Crippen molar-refractivity contribution >= 4 is 21.8 Å². The van der Waals surface area contributed by atoms with Crippen LogP contribution >= 0.6 is 0 Å². The molecular weight excluding hydrogens is 613 g/mol. The molecule has 0 N–H and O–H groups in total. The third kappa shape index (κ3) is 6.27. The van der Waals surface area contributed by atoms with E-state index in [0.717, 1.165) is 46.2 Å². The lowest BCUT2D eigenvalue weighted by molar-refractivity contribution is 0.390. The number of hydrogen-bond donors (Lipinski definition) is 0. The van der Waals surface area contributed by atoms with E-state index in [1.54, 1.807) is 0 Å². The van der Waals surface area contributed by atoms with Crippen LogP contribution in [0.4, 0.5) is 0 Å². The summed E-state index contributed by atoms with van der Waals surface area (Å²) in [5, 5.41) is 7.57. The third-order valence-electron chi connectivity index (χ3n) is 10.7. The predicted molar refractivity (Wildman–Crippen MR) is 208 cm³/mol. The molecule has 0 bridgehead atoms. The highest BCUT2D eigenvalue weighted by atomic mass is 16.5. The number of fused-ring (bicyclic) bond motifs is 3. The molecule has 7 rings (SSSR count). The maximum absolute atomic E-state index is 6.80. The minimum absolute atomic E-state index is 0.0781. The molecule has 3 aromatic carbocycles. The summed E-state index contributed by atoms with van der Waals surface area (Å²) in [6, 6.07) is 26.0. The van der Waals surface area contributed by atoms with Gasteiger partial charge in [-0.25, -0.2) is 9.67 Å². The highest BCUT2D eigenvalue weighted by molar-refractivity contribution is 6.09. The Morgan fingerprint density at radius 1 is 0.860 bits per heavy atom. The second-order valence-corrected chi connectivity index (χ2v) is 15.8. The molecule has 6 aromatic rings. The second kappa shape index (κ2) is 13.2. The molecule has 1 unspecified atom stereocenters. The van der Waals surface area contributed by atoms with Gasteiger partial charge in [-0.15, -0.1) is 0 Å². The van der Waals surface area contributed by atoms with Crippen molar-refractivity contribution in [2.45, 2.75) is 99.3 Å².